The highest BCUT2D eigenvalue weighted by atomic mass is 32.2. The maximum atomic E-state index is 12.8. The summed E-state index contributed by atoms with van der Waals surface area (Å²) in [5, 5.41) is 3.20. The minimum Gasteiger partial charge on any atom is -0.314 e. The molecule has 4 rings (SSSR count). The van der Waals surface area contributed by atoms with E-state index in [2.05, 4.69) is 34.3 Å². The largest absolute Gasteiger partial charge is 0.314 e. The van der Waals surface area contributed by atoms with Gasteiger partial charge in [0.15, 0.2) is 0 Å². The summed E-state index contributed by atoms with van der Waals surface area (Å²) in [6.07, 6.45) is 5.50. The predicted octanol–water partition coefficient (Wildman–Crippen LogP) is 1.08. The Balaban J connectivity index is 1.58. The Morgan fingerprint density at radius 3 is 2.48 bits per heavy atom. The van der Waals surface area contributed by atoms with Crippen molar-refractivity contribution in [3.05, 3.63) is 48.0 Å². The summed E-state index contributed by atoms with van der Waals surface area (Å²) in [6.45, 7) is 2.53. The van der Waals surface area contributed by atoms with Gasteiger partial charge in [0.1, 0.15) is 0 Å². The molecule has 1 heterocycles. The summed E-state index contributed by atoms with van der Waals surface area (Å²) in [7, 11) is -3.42. The van der Waals surface area contributed by atoms with E-state index in [1.165, 1.54) is 5.56 Å². The van der Waals surface area contributed by atoms with Crippen LogP contribution in [0.15, 0.2) is 42.5 Å². The van der Waals surface area contributed by atoms with Gasteiger partial charge in [-0.2, -0.15) is 17.4 Å². The van der Waals surface area contributed by atoms with E-state index in [1.54, 1.807) is 4.31 Å². The average Bonchev–Trinajstić information content (AvgIpc) is 3.17. The summed E-state index contributed by atoms with van der Waals surface area (Å²) in [6, 6.07) is 10.3. The molecular formula is C17H23N3O2S. The van der Waals surface area contributed by atoms with Crippen LogP contribution in [0.25, 0.3) is 0 Å². The topological polar surface area (TPSA) is 61.4 Å². The van der Waals surface area contributed by atoms with Gasteiger partial charge in [0.2, 0.25) is 0 Å². The molecule has 23 heavy (non-hydrogen) atoms. The van der Waals surface area contributed by atoms with Crippen LogP contribution in [0.2, 0.25) is 0 Å². The van der Waals surface area contributed by atoms with E-state index in [0.717, 1.165) is 19.5 Å². The van der Waals surface area contributed by atoms with Gasteiger partial charge in [-0.05, 0) is 23.8 Å². The Morgan fingerprint density at radius 1 is 1.04 bits per heavy atom. The third-order valence-electron chi connectivity index (χ3n) is 5.34. The Morgan fingerprint density at radius 2 is 1.74 bits per heavy atom. The van der Waals surface area contributed by atoms with E-state index >= 15 is 0 Å². The standard InChI is InChI=1S/C17H23N3O2S/c21-23(22,20-10-8-18-9-11-20)19-17-15-7-6-14(12-15)16(17)13-4-2-1-3-5-13/h1-7,14-19H,8-12H2/t14-,15+,16+,17+/m1/s1. The minimum atomic E-state index is -3.42. The van der Waals surface area contributed by atoms with E-state index in [9.17, 15) is 8.42 Å². The number of rotatable bonds is 4. The van der Waals surface area contributed by atoms with Crippen molar-refractivity contribution in [2.24, 2.45) is 11.8 Å². The number of benzene rings is 1. The smallest absolute Gasteiger partial charge is 0.279 e. The molecule has 0 spiro atoms. The van der Waals surface area contributed by atoms with E-state index in [0.29, 0.717) is 24.9 Å². The summed E-state index contributed by atoms with van der Waals surface area (Å²) < 4.78 is 30.1. The van der Waals surface area contributed by atoms with Gasteiger partial charge in [-0.3, -0.25) is 0 Å². The number of allylic oxidation sites excluding steroid dienone is 1. The van der Waals surface area contributed by atoms with E-state index in [-0.39, 0.29) is 12.0 Å². The number of nitrogens with zero attached hydrogens (tertiary/aromatic N) is 1. The Hall–Kier alpha value is -1.21. The SMILES string of the molecule is O=S(=O)(N[C@@H]1[C@@H](c2ccccc2)[C@@H]2C=C[C@H]1C2)N1CCNCC1. The third-order valence-corrected chi connectivity index (χ3v) is 6.96. The summed E-state index contributed by atoms with van der Waals surface area (Å²) in [5.41, 5.74) is 1.23. The second kappa shape index (κ2) is 6.02. The summed E-state index contributed by atoms with van der Waals surface area (Å²) in [4.78, 5) is 0. The Bertz CT molecular complexity index is 683. The summed E-state index contributed by atoms with van der Waals surface area (Å²) >= 11 is 0. The lowest BCUT2D eigenvalue weighted by Crippen LogP contribution is -2.54. The van der Waals surface area contributed by atoms with Crippen LogP contribution < -0.4 is 10.0 Å². The molecule has 5 nitrogen and oxygen atoms in total. The van der Waals surface area contributed by atoms with Crippen molar-refractivity contribution in [2.45, 2.75) is 18.4 Å². The fourth-order valence-electron chi connectivity index (χ4n) is 4.24. The fourth-order valence-corrected chi connectivity index (χ4v) is 5.72. The van der Waals surface area contributed by atoms with Crippen LogP contribution in [0.3, 0.4) is 0 Å². The van der Waals surface area contributed by atoms with Crippen LogP contribution >= 0.6 is 0 Å². The zero-order valence-electron chi connectivity index (χ0n) is 13.1. The molecule has 124 valence electrons. The zero-order chi connectivity index (χ0) is 15.9. The second-order valence-electron chi connectivity index (χ2n) is 6.68. The van der Waals surface area contributed by atoms with Crippen LogP contribution in [-0.2, 0) is 10.2 Å². The number of fused-ring (bicyclic) bond motifs is 2. The lowest BCUT2D eigenvalue weighted by molar-refractivity contribution is 0.344. The molecule has 0 amide bonds. The van der Waals surface area contributed by atoms with Gasteiger partial charge in [0.05, 0.1) is 0 Å². The van der Waals surface area contributed by atoms with Gasteiger partial charge in [-0.1, -0.05) is 42.5 Å². The van der Waals surface area contributed by atoms with Crippen molar-refractivity contribution in [2.75, 3.05) is 26.2 Å². The van der Waals surface area contributed by atoms with Crippen molar-refractivity contribution in [1.82, 2.24) is 14.3 Å². The van der Waals surface area contributed by atoms with Crippen molar-refractivity contribution in [1.29, 1.82) is 0 Å². The molecule has 2 fully saturated rings. The molecule has 1 aliphatic heterocycles. The summed E-state index contributed by atoms with van der Waals surface area (Å²) in [5.74, 6) is 0.991. The van der Waals surface area contributed by atoms with Crippen LogP contribution in [0.1, 0.15) is 17.9 Å². The maximum absolute atomic E-state index is 12.8. The quantitative estimate of drug-likeness (QED) is 0.811. The van der Waals surface area contributed by atoms with E-state index < -0.39 is 10.2 Å². The highest BCUT2D eigenvalue weighted by molar-refractivity contribution is 7.87. The Kier molecular flexibility index (Phi) is 4.01. The zero-order valence-corrected chi connectivity index (χ0v) is 13.9. The van der Waals surface area contributed by atoms with Crippen molar-refractivity contribution in [3.8, 4) is 0 Å². The van der Waals surface area contributed by atoms with Gasteiger partial charge in [0.25, 0.3) is 10.2 Å². The molecule has 1 aromatic carbocycles. The van der Waals surface area contributed by atoms with Crippen LogP contribution in [0, 0.1) is 11.8 Å². The number of nitrogens with one attached hydrogen (secondary N) is 2. The van der Waals surface area contributed by atoms with Crippen molar-refractivity contribution < 1.29 is 8.42 Å². The molecule has 2 bridgehead atoms. The maximum Gasteiger partial charge on any atom is 0.279 e. The highest BCUT2D eigenvalue weighted by Gasteiger charge is 2.47. The molecule has 2 aliphatic carbocycles. The molecule has 1 saturated heterocycles. The molecule has 4 atom stereocenters. The minimum absolute atomic E-state index is 0.0349. The van der Waals surface area contributed by atoms with Crippen LogP contribution in [-0.4, -0.2) is 44.9 Å². The first kappa shape index (κ1) is 15.3. The molecule has 0 radical (unpaired) electrons. The predicted molar refractivity (Wildman–Crippen MR) is 90.2 cm³/mol. The molecule has 2 N–H and O–H groups in total. The Labute approximate surface area is 137 Å². The van der Waals surface area contributed by atoms with Crippen molar-refractivity contribution in [3.63, 3.8) is 0 Å². The highest BCUT2D eigenvalue weighted by Crippen LogP contribution is 2.49. The van der Waals surface area contributed by atoms with Gasteiger partial charge >= 0.3 is 0 Å². The third kappa shape index (κ3) is 2.85. The molecule has 6 heteroatoms. The number of hydrogen-bond acceptors (Lipinski definition) is 3. The van der Waals surface area contributed by atoms with E-state index in [1.807, 2.05) is 18.2 Å². The average molecular weight is 333 g/mol. The molecule has 1 saturated carbocycles. The monoisotopic (exact) mass is 333 g/mol. The van der Waals surface area contributed by atoms with Gasteiger partial charge in [-0.25, -0.2) is 0 Å². The van der Waals surface area contributed by atoms with Crippen LogP contribution in [0.4, 0.5) is 0 Å². The molecule has 0 unspecified atom stereocenters. The van der Waals surface area contributed by atoms with Gasteiger partial charge in [-0.15, -0.1) is 0 Å². The van der Waals surface area contributed by atoms with E-state index in [4.69, 9.17) is 0 Å². The fraction of sp³-hybridized carbons (Fsp3) is 0.529. The second-order valence-corrected chi connectivity index (χ2v) is 8.38. The molecule has 0 aromatic heterocycles. The van der Waals surface area contributed by atoms with Gasteiger partial charge in [0, 0.05) is 38.1 Å². The first-order valence-electron chi connectivity index (χ1n) is 8.36. The normalized spacial score (nSPS) is 34.1. The molecule has 1 aromatic rings. The van der Waals surface area contributed by atoms with Gasteiger partial charge < -0.3 is 5.32 Å². The molecule has 3 aliphatic rings. The molecular weight excluding hydrogens is 310 g/mol. The first-order valence-corrected chi connectivity index (χ1v) is 9.80. The number of hydrogen-bond donors (Lipinski definition) is 2. The lowest BCUT2D eigenvalue weighted by atomic mass is 9.84. The first-order chi connectivity index (χ1) is 11.1. The lowest BCUT2D eigenvalue weighted by Gasteiger charge is -2.33. The van der Waals surface area contributed by atoms with Crippen molar-refractivity contribution >= 4 is 10.2 Å². The van der Waals surface area contributed by atoms with Crippen LogP contribution in [0.5, 0.6) is 0 Å². The number of piperazine rings is 1.